The molecule has 100 valence electrons. The molecule has 0 atom stereocenters. The van der Waals surface area contributed by atoms with Crippen molar-refractivity contribution < 1.29 is 5.11 Å². The van der Waals surface area contributed by atoms with Gasteiger partial charge in [0, 0.05) is 24.6 Å². The Kier molecular flexibility index (Phi) is 4.01. The zero-order chi connectivity index (χ0) is 13.1. The van der Waals surface area contributed by atoms with Gasteiger partial charge in [0.2, 0.25) is 0 Å². The number of rotatable bonds is 6. The highest BCUT2D eigenvalue weighted by Crippen LogP contribution is 2.33. The lowest BCUT2D eigenvalue weighted by atomic mass is 10.2. The van der Waals surface area contributed by atoms with Crippen molar-refractivity contribution in [1.82, 2.24) is 9.97 Å². The summed E-state index contributed by atoms with van der Waals surface area (Å²) in [6, 6.07) is 0.514. The van der Waals surface area contributed by atoms with Gasteiger partial charge in [-0.25, -0.2) is 9.97 Å². The largest absolute Gasteiger partial charge is 0.395 e. The molecule has 0 aromatic carbocycles. The van der Waals surface area contributed by atoms with Crippen molar-refractivity contribution in [1.29, 1.82) is 0 Å². The van der Waals surface area contributed by atoms with Crippen LogP contribution in [0.4, 0.5) is 11.6 Å². The number of aliphatic hydroxyl groups is 1. The molecule has 0 saturated heterocycles. The van der Waals surface area contributed by atoms with Crippen LogP contribution in [0.5, 0.6) is 0 Å². The molecule has 0 spiro atoms. The summed E-state index contributed by atoms with van der Waals surface area (Å²) >= 11 is 0. The average Bonchev–Trinajstić information content (AvgIpc) is 3.15. The number of anilines is 2. The molecule has 1 heterocycles. The first-order chi connectivity index (χ1) is 8.67. The van der Waals surface area contributed by atoms with Gasteiger partial charge < -0.3 is 15.7 Å². The van der Waals surface area contributed by atoms with Crippen LogP contribution in [-0.4, -0.2) is 34.3 Å². The van der Waals surface area contributed by atoms with E-state index in [0.29, 0.717) is 18.4 Å². The van der Waals surface area contributed by atoms with E-state index >= 15 is 0 Å². The normalized spacial score (nSPS) is 14.8. The van der Waals surface area contributed by atoms with E-state index in [9.17, 15) is 5.11 Å². The quantitative estimate of drug-likeness (QED) is 0.795. The number of hydrogen-bond acceptors (Lipinski definition) is 5. The van der Waals surface area contributed by atoms with E-state index < -0.39 is 0 Å². The molecule has 0 aliphatic heterocycles. The smallest absolute Gasteiger partial charge is 0.137 e. The summed E-state index contributed by atoms with van der Waals surface area (Å²) in [5.41, 5.74) is 6.89. The summed E-state index contributed by atoms with van der Waals surface area (Å²) in [5.74, 6) is 2.27. The van der Waals surface area contributed by atoms with Gasteiger partial charge in [-0.3, -0.25) is 0 Å². The Morgan fingerprint density at radius 1 is 1.39 bits per heavy atom. The van der Waals surface area contributed by atoms with Gasteiger partial charge in [0.1, 0.15) is 17.5 Å². The highest BCUT2D eigenvalue weighted by atomic mass is 16.3. The average molecular weight is 250 g/mol. The zero-order valence-electron chi connectivity index (χ0n) is 11.2. The van der Waals surface area contributed by atoms with E-state index in [4.69, 9.17) is 5.73 Å². The van der Waals surface area contributed by atoms with Crippen molar-refractivity contribution >= 4 is 11.6 Å². The Balaban J connectivity index is 2.33. The summed E-state index contributed by atoms with van der Waals surface area (Å²) in [5, 5.41) is 9.19. The molecule has 5 nitrogen and oxygen atoms in total. The number of nitrogen functional groups attached to an aromatic ring is 1. The molecule has 18 heavy (non-hydrogen) atoms. The van der Waals surface area contributed by atoms with Crippen LogP contribution in [-0.2, 0) is 6.42 Å². The van der Waals surface area contributed by atoms with Crippen LogP contribution in [0.1, 0.15) is 37.6 Å². The molecule has 1 aliphatic carbocycles. The van der Waals surface area contributed by atoms with Crippen LogP contribution in [0.15, 0.2) is 0 Å². The molecular formula is C13H22N4O. The van der Waals surface area contributed by atoms with Gasteiger partial charge in [-0.05, 0) is 26.2 Å². The van der Waals surface area contributed by atoms with Crippen molar-refractivity contribution in [2.75, 3.05) is 23.8 Å². The molecule has 1 aliphatic rings. The second-order valence-electron chi connectivity index (χ2n) is 4.87. The van der Waals surface area contributed by atoms with Crippen molar-refractivity contribution in [3.63, 3.8) is 0 Å². The van der Waals surface area contributed by atoms with Gasteiger partial charge in [0.25, 0.3) is 0 Å². The summed E-state index contributed by atoms with van der Waals surface area (Å²) in [6.45, 7) is 4.81. The number of aryl methyl sites for hydroxylation is 1. The van der Waals surface area contributed by atoms with Crippen LogP contribution in [0.25, 0.3) is 0 Å². The summed E-state index contributed by atoms with van der Waals surface area (Å²) in [4.78, 5) is 11.1. The molecule has 0 unspecified atom stereocenters. The monoisotopic (exact) mass is 250 g/mol. The lowest BCUT2D eigenvalue weighted by molar-refractivity contribution is 0.301. The van der Waals surface area contributed by atoms with Crippen molar-refractivity contribution in [2.45, 2.75) is 45.6 Å². The highest BCUT2D eigenvalue weighted by molar-refractivity contribution is 5.57. The summed E-state index contributed by atoms with van der Waals surface area (Å²) < 4.78 is 0. The van der Waals surface area contributed by atoms with Gasteiger partial charge in [0.05, 0.1) is 6.61 Å². The Bertz CT molecular complexity index is 418. The maximum absolute atomic E-state index is 9.19. The minimum Gasteiger partial charge on any atom is -0.395 e. The molecule has 5 heteroatoms. The predicted molar refractivity (Wildman–Crippen MR) is 72.6 cm³/mol. The molecule has 1 fully saturated rings. The van der Waals surface area contributed by atoms with E-state index in [1.165, 1.54) is 12.8 Å². The number of nitrogens with two attached hydrogens (primary N) is 1. The lowest BCUT2D eigenvalue weighted by Crippen LogP contribution is -2.31. The Morgan fingerprint density at radius 3 is 2.67 bits per heavy atom. The fraction of sp³-hybridized carbons (Fsp3) is 0.692. The van der Waals surface area contributed by atoms with Gasteiger partial charge in [-0.2, -0.15) is 0 Å². The second kappa shape index (κ2) is 5.52. The van der Waals surface area contributed by atoms with E-state index in [2.05, 4.69) is 21.8 Å². The maximum atomic E-state index is 9.19. The van der Waals surface area contributed by atoms with Gasteiger partial charge >= 0.3 is 0 Å². The molecule has 0 amide bonds. The zero-order valence-corrected chi connectivity index (χ0v) is 11.2. The molecular weight excluding hydrogens is 228 g/mol. The fourth-order valence-corrected chi connectivity index (χ4v) is 2.14. The van der Waals surface area contributed by atoms with Crippen LogP contribution in [0.3, 0.4) is 0 Å². The third-order valence-corrected chi connectivity index (χ3v) is 3.28. The maximum Gasteiger partial charge on any atom is 0.137 e. The molecule has 0 bridgehead atoms. The lowest BCUT2D eigenvalue weighted by Gasteiger charge is -2.25. The van der Waals surface area contributed by atoms with E-state index in [1.54, 1.807) is 0 Å². The molecule has 1 aromatic heterocycles. The first-order valence-corrected chi connectivity index (χ1v) is 6.67. The molecule has 2 rings (SSSR count). The van der Waals surface area contributed by atoms with Crippen LogP contribution >= 0.6 is 0 Å². The van der Waals surface area contributed by atoms with Gasteiger partial charge in [0.15, 0.2) is 0 Å². The van der Waals surface area contributed by atoms with Crippen molar-refractivity contribution in [3.05, 3.63) is 11.4 Å². The van der Waals surface area contributed by atoms with Crippen LogP contribution < -0.4 is 10.6 Å². The van der Waals surface area contributed by atoms with Gasteiger partial charge in [-0.1, -0.05) is 6.92 Å². The van der Waals surface area contributed by atoms with E-state index in [-0.39, 0.29) is 6.61 Å². The van der Waals surface area contributed by atoms with Crippen molar-refractivity contribution in [2.24, 2.45) is 0 Å². The number of nitrogens with zero attached hydrogens (tertiary/aromatic N) is 3. The Labute approximate surface area is 108 Å². The minimum absolute atomic E-state index is 0.142. The van der Waals surface area contributed by atoms with Crippen LogP contribution in [0, 0.1) is 6.92 Å². The standard InChI is InChI=1S/C13H22N4O/c1-3-4-11-15-12(14)9(2)13(16-11)17(7-8-18)10-5-6-10/h10,18H,3-8H2,1-2H3,(H2,14,15,16). The summed E-state index contributed by atoms with van der Waals surface area (Å²) in [6.07, 6.45) is 4.19. The summed E-state index contributed by atoms with van der Waals surface area (Å²) in [7, 11) is 0. The second-order valence-corrected chi connectivity index (χ2v) is 4.87. The van der Waals surface area contributed by atoms with Crippen LogP contribution in [0.2, 0.25) is 0 Å². The molecule has 3 N–H and O–H groups in total. The topological polar surface area (TPSA) is 75.3 Å². The Hall–Kier alpha value is -1.36. The fourth-order valence-electron chi connectivity index (χ4n) is 2.14. The third kappa shape index (κ3) is 2.72. The first-order valence-electron chi connectivity index (χ1n) is 6.67. The van der Waals surface area contributed by atoms with Gasteiger partial charge in [-0.15, -0.1) is 0 Å². The molecule has 1 aromatic rings. The Morgan fingerprint density at radius 2 is 2.11 bits per heavy atom. The van der Waals surface area contributed by atoms with Crippen molar-refractivity contribution in [3.8, 4) is 0 Å². The SMILES string of the molecule is CCCc1nc(N)c(C)c(N(CCO)C2CC2)n1. The molecule has 1 saturated carbocycles. The highest BCUT2D eigenvalue weighted by Gasteiger charge is 2.31. The predicted octanol–water partition coefficient (Wildman–Crippen LogP) is 1.28. The molecule has 0 radical (unpaired) electrons. The van der Waals surface area contributed by atoms with E-state index in [1.807, 2.05) is 6.92 Å². The number of aliphatic hydroxyl groups excluding tert-OH is 1. The number of hydrogen-bond donors (Lipinski definition) is 2. The minimum atomic E-state index is 0.142. The third-order valence-electron chi connectivity index (χ3n) is 3.28. The number of aromatic nitrogens is 2. The first kappa shape index (κ1) is 13.1. The van der Waals surface area contributed by atoms with E-state index in [0.717, 1.165) is 30.0 Å².